The highest BCUT2D eigenvalue weighted by atomic mass is 16.5. The SMILES string of the molecule is COC1CC2CCN(C(=O)CCC3C4CCCNC4N(C)C3C3CCCCC3)CC2CC1OC. The fourth-order valence-corrected chi connectivity index (χ4v) is 8.80. The number of hydrogen-bond donors (Lipinski definition) is 1. The summed E-state index contributed by atoms with van der Waals surface area (Å²) in [5.41, 5.74) is 0. The number of methoxy groups -OCH3 is 2. The summed E-state index contributed by atoms with van der Waals surface area (Å²) in [6, 6.07) is 0.659. The Bertz CT molecular complexity index is 684. The summed E-state index contributed by atoms with van der Waals surface area (Å²) in [5, 5.41) is 3.84. The summed E-state index contributed by atoms with van der Waals surface area (Å²) in [6.45, 7) is 3.00. The van der Waals surface area contributed by atoms with E-state index in [4.69, 9.17) is 9.47 Å². The Morgan fingerprint density at radius 3 is 2.38 bits per heavy atom. The van der Waals surface area contributed by atoms with E-state index in [9.17, 15) is 4.79 Å². The van der Waals surface area contributed by atoms with Crippen LogP contribution in [0.5, 0.6) is 0 Å². The number of likely N-dealkylation sites (tertiary alicyclic amines) is 2. The number of carbonyl (C=O) groups is 1. The molecule has 0 aromatic heterocycles. The van der Waals surface area contributed by atoms with Crippen LogP contribution in [0.1, 0.15) is 77.0 Å². The zero-order valence-corrected chi connectivity index (χ0v) is 21.9. The molecule has 8 atom stereocenters. The van der Waals surface area contributed by atoms with Crippen LogP contribution in [0.4, 0.5) is 0 Å². The lowest BCUT2D eigenvalue weighted by atomic mass is 9.72. The lowest BCUT2D eigenvalue weighted by Crippen LogP contribution is -2.50. The Balaban J connectivity index is 1.20. The van der Waals surface area contributed by atoms with Gasteiger partial charge in [0.25, 0.3) is 0 Å². The highest BCUT2D eigenvalue weighted by molar-refractivity contribution is 5.76. The quantitative estimate of drug-likeness (QED) is 0.632. The Kier molecular flexibility index (Phi) is 8.19. The van der Waals surface area contributed by atoms with E-state index in [1.807, 2.05) is 7.11 Å². The molecule has 6 heteroatoms. The van der Waals surface area contributed by atoms with Gasteiger partial charge in [-0.3, -0.25) is 9.69 Å². The summed E-state index contributed by atoms with van der Waals surface area (Å²) in [4.78, 5) is 18.4. The highest BCUT2D eigenvalue weighted by Gasteiger charge is 2.50. The molecule has 3 aliphatic heterocycles. The normalized spacial score (nSPS) is 41.8. The summed E-state index contributed by atoms with van der Waals surface area (Å²) in [6.07, 6.45) is 15.5. The van der Waals surface area contributed by atoms with Gasteiger partial charge in [-0.25, -0.2) is 0 Å². The van der Waals surface area contributed by atoms with Crippen LogP contribution in [0.2, 0.25) is 0 Å². The first-order chi connectivity index (χ1) is 16.6. The lowest BCUT2D eigenvalue weighted by molar-refractivity contribution is -0.139. The molecule has 194 valence electrons. The number of fused-ring (bicyclic) bond motifs is 2. The molecule has 2 aliphatic carbocycles. The van der Waals surface area contributed by atoms with E-state index in [1.54, 1.807) is 7.11 Å². The number of ether oxygens (including phenoxy) is 2. The zero-order valence-electron chi connectivity index (χ0n) is 21.9. The van der Waals surface area contributed by atoms with E-state index in [0.29, 0.717) is 35.9 Å². The van der Waals surface area contributed by atoms with Crippen molar-refractivity contribution in [3.8, 4) is 0 Å². The molecule has 1 N–H and O–H groups in total. The van der Waals surface area contributed by atoms with Gasteiger partial charge in [-0.1, -0.05) is 19.3 Å². The first kappa shape index (κ1) is 25.0. The van der Waals surface area contributed by atoms with E-state index in [-0.39, 0.29) is 12.2 Å². The molecule has 8 unspecified atom stereocenters. The van der Waals surface area contributed by atoms with Gasteiger partial charge >= 0.3 is 0 Å². The van der Waals surface area contributed by atoms with Crippen molar-refractivity contribution in [3.63, 3.8) is 0 Å². The third-order valence-electron chi connectivity index (χ3n) is 10.5. The Morgan fingerprint density at radius 2 is 1.65 bits per heavy atom. The van der Waals surface area contributed by atoms with Crippen molar-refractivity contribution < 1.29 is 14.3 Å². The van der Waals surface area contributed by atoms with Crippen molar-refractivity contribution in [2.24, 2.45) is 29.6 Å². The average Bonchev–Trinajstić information content (AvgIpc) is 3.18. The Hall–Kier alpha value is -0.690. The Labute approximate surface area is 207 Å². The molecule has 0 bridgehead atoms. The standard InChI is InChI=1S/C28H49N3O3/c1-30-27(19-8-5-4-6-9-19)22(23-10-7-14-29-28(23)30)11-12-26(32)31-15-13-20-16-24(33-2)25(34-3)17-21(20)18-31/h19-25,27-29H,4-18H2,1-3H3. The minimum atomic E-state index is 0.169. The van der Waals surface area contributed by atoms with E-state index in [2.05, 4.69) is 22.2 Å². The number of rotatable bonds is 6. The molecule has 0 aromatic rings. The van der Waals surface area contributed by atoms with Gasteiger partial charge in [0.05, 0.1) is 18.4 Å². The molecular formula is C28H49N3O3. The summed E-state index contributed by atoms with van der Waals surface area (Å²) >= 11 is 0. The zero-order chi connectivity index (χ0) is 23.7. The van der Waals surface area contributed by atoms with Gasteiger partial charge < -0.3 is 19.7 Å². The maximum atomic E-state index is 13.5. The van der Waals surface area contributed by atoms with Crippen molar-refractivity contribution >= 4 is 5.91 Å². The van der Waals surface area contributed by atoms with Gasteiger partial charge in [0.15, 0.2) is 0 Å². The maximum Gasteiger partial charge on any atom is 0.222 e. The molecule has 0 aromatic carbocycles. The topological polar surface area (TPSA) is 54.0 Å². The average molecular weight is 476 g/mol. The first-order valence-electron chi connectivity index (χ1n) is 14.4. The molecule has 0 radical (unpaired) electrons. The number of amides is 1. The summed E-state index contributed by atoms with van der Waals surface area (Å²) in [7, 11) is 5.98. The third-order valence-corrected chi connectivity index (χ3v) is 10.5. The first-order valence-corrected chi connectivity index (χ1v) is 14.4. The fourth-order valence-electron chi connectivity index (χ4n) is 8.80. The van der Waals surface area contributed by atoms with Crippen LogP contribution in [0.25, 0.3) is 0 Å². The molecule has 3 heterocycles. The minimum absolute atomic E-state index is 0.169. The van der Waals surface area contributed by atoms with Crippen molar-refractivity contribution in [1.82, 2.24) is 15.1 Å². The molecule has 2 saturated carbocycles. The molecule has 5 fully saturated rings. The molecule has 1 amide bonds. The third kappa shape index (κ3) is 4.94. The molecule has 5 rings (SSSR count). The fraction of sp³-hybridized carbons (Fsp3) is 0.964. The minimum Gasteiger partial charge on any atom is -0.379 e. The van der Waals surface area contributed by atoms with Gasteiger partial charge in [0, 0.05) is 39.8 Å². The van der Waals surface area contributed by atoms with E-state index in [1.165, 1.54) is 44.9 Å². The molecule has 3 saturated heterocycles. The second-order valence-electron chi connectivity index (χ2n) is 12.1. The van der Waals surface area contributed by atoms with Gasteiger partial charge in [-0.2, -0.15) is 0 Å². The van der Waals surface area contributed by atoms with Crippen molar-refractivity contribution in [1.29, 1.82) is 0 Å². The highest BCUT2D eigenvalue weighted by Crippen LogP contribution is 2.46. The Morgan fingerprint density at radius 1 is 0.912 bits per heavy atom. The summed E-state index contributed by atoms with van der Waals surface area (Å²) in [5.74, 6) is 3.85. The van der Waals surface area contributed by atoms with Crippen LogP contribution in [0, 0.1) is 29.6 Å². The number of nitrogens with zero attached hydrogens (tertiary/aromatic N) is 2. The predicted octanol–water partition coefficient (Wildman–Crippen LogP) is 3.89. The van der Waals surface area contributed by atoms with Gasteiger partial charge in [-0.05, 0) is 94.5 Å². The molecule has 6 nitrogen and oxygen atoms in total. The van der Waals surface area contributed by atoms with Crippen LogP contribution in [0.3, 0.4) is 0 Å². The number of hydrogen-bond acceptors (Lipinski definition) is 5. The number of nitrogens with one attached hydrogen (secondary N) is 1. The van der Waals surface area contributed by atoms with E-state index >= 15 is 0 Å². The van der Waals surface area contributed by atoms with Crippen molar-refractivity contribution in [3.05, 3.63) is 0 Å². The lowest BCUT2D eigenvalue weighted by Gasteiger charge is -2.46. The number of piperidine rings is 2. The van der Waals surface area contributed by atoms with E-state index in [0.717, 1.165) is 63.6 Å². The van der Waals surface area contributed by atoms with E-state index < -0.39 is 0 Å². The number of carbonyl (C=O) groups excluding carboxylic acids is 1. The second-order valence-corrected chi connectivity index (χ2v) is 12.1. The van der Waals surface area contributed by atoms with Crippen LogP contribution < -0.4 is 5.32 Å². The second kappa shape index (κ2) is 11.1. The predicted molar refractivity (Wildman–Crippen MR) is 134 cm³/mol. The van der Waals surface area contributed by atoms with Crippen LogP contribution in [-0.4, -0.2) is 81.0 Å². The van der Waals surface area contributed by atoms with Crippen molar-refractivity contribution in [2.45, 2.75) is 101 Å². The largest absolute Gasteiger partial charge is 0.379 e. The van der Waals surface area contributed by atoms with Gasteiger partial charge in [0.1, 0.15) is 0 Å². The van der Waals surface area contributed by atoms with Gasteiger partial charge in [-0.15, -0.1) is 0 Å². The van der Waals surface area contributed by atoms with Crippen LogP contribution in [0.15, 0.2) is 0 Å². The van der Waals surface area contributed by atoms with Crippen LogP contribution in [-0.2, 0) is 14.3 Å². The van der Waals surface area contributed by atoms with Crippen LogP contribution >= 0.6 is 0 Å². The summed E-state index contributed by atoms with van der Waals surface area (Å²) < 4.78 is 11.5. The van der Waals surface area contributed by atoms with Crippen molar-refractivity contribution in [2.75, 3.05) is 40.9 Å². The molecule has 0 spiro atoms. The molecular weight excluding hydrogens is 426 g/mol. The monoisotopic (exact) mass is 475 g/mol. The molecule has 34 heavy (non-hydrogen) atoms. The molecule has 5 aliphatic rings. The maximum absolute atomic E-state index is 13.5. The van der Waals surface area contributed by atoms with Gasteiger partial charge in [0.2, 0.25) is 5.91 Å². The smallest absolute Gasteiger partial charge is 0.222 e.